The predicted octanol–water partition coefficient (Wildman–Crippen LogP) is 1.24. The van der Waals surface area contributed by atoms with Gasteiger partial charge in [-0.1, -0.05) is 0 Å². The molecule has 0 aliphatic carbocycles. The van der Waals surface area contributed by atoms with Crippen LogP contribution in [0.1, 0.15) is 12.8 Å². The third kappa shape index (κ3) is 3.63. The Balaban J connectivity index is 1.58. The molecule has 0 amide bonds. The van der Waals surface area contributed by atoms with Gasteiger partial charge in [-0.15, -0.1) is 0 Å². The van der Waals surface area contributed by atoms with Crippen LogP contribution in [0.3, 0.4) is 0 Å². The van der Waals surface area contributed by atoms with Crippen molar-refractivity contribution in [2.24, 2.45) is 0 Å². The molecule has 3 aliphatic rings. The van der Waals surface area contributed by atoms with Crippen LogP contribution in [0.4, 0.5) is 8.78 Å². The number of alkyl halides is 2. The summed E-state index contributed by atoms with van der Waals surface area (Å²) in [7, 11) is -3.79. The van der Waals surface area contributed by atoms with Crippen LogP contribution in [-0.2, 0) is 19.3 Å². The number of rotatable bonds is 5. The molecule has 3 heterocycles. The molecular weight excluding hydrogens is 394 g/mol. The number of hydrogen-bond acceptors (Lipinski definition) is 7. The predicted molar refractivity (Wildman–Crippen MR) is 96.1 cm³/mol. The molecule has 3 fully saturated rings. The van der Waals surface area contributed by atoms with Crippen LogP contribution in [-0.4, -0.2) is 76.4 Å². The van der Waals surface area contributed by atoms with Gasteiger partial charge in [0.05, 0.1) is 29.8 Å². The highest BCUT2D eigenvalue weighted by atomic mass is 32.2. The van der Waals surface area contributed by atoms with Crippen molar-refractivity contribution in [3.05, 3.63) is 24.3 Å². The summed E-state index contributed by atoms with van der Waals surface area (Å²) in [5.41, 5.74) is -1.45. The molecule has 10 heteroatoms. The van der Waals surface area contributed by atoms with E-state index in [9.17, 15) is 17.2 Å². The van der Waals surface area contributed by atoms with E-state index >= 15 is 0 Å². The monoisotopic (exact) mass is 418 g/mol. The number of ether oxygens (including phenoxy) is 3. The van der Waals surface area contributed by atoms with Crippen molar-refractivity contribution >= 4 is 9.84 Å². The molecule has 0 saturated carbocycles. The molecule has 2 unspecified atom stereocenters. The van der Waals surface area contributed by atoms with E-state index in [4.69, 9.17) is 9.47 Å². The van der Waals surface area contributed by atoms with Gasteiger partial charge in [-0.05, 0) is 50.2 Å². The van der Waals surface area contributed by atoms with Crippen molar-refractivity contribution in [1.29, 1.82) is 0 Å². The maximum absolute atomic E-state index is 13.2. The molecule has 28 heavy (non-hydrogen) atoms. The first-order valence-corrected chi connectivity index (χ1v) is 11.0. The highest BCUT2D eigenvalue weighted by Gasteiger charge is 2.62. The van der Waals surface area contributed by atoms with Crippen molar-refractivity contribution in [3.8, 4) is 5.75 Å². The quantitative estimate of drug-likeness (QED) is 0.771. The smallest absolute Gasteiger partial charge is 0.387 e. The lowest BCUT2D eigenvalue weighted by Gasteiger charge is -2.59. The molecule has 1 aromatic carbocycles. The molecule has 156 valence electrons. The number of nitrogens with zero attached hydrogens (tertiary/aromatic N) is 1. The van der Waals surface area contributed by atoms with Crippen molar-refractivity contribution < 1.29 is 31.4 Å². The minimum absolute atomic E-state index is 0.0427. The van der Waals surface area contributed by atoms with Gasteiger partial charge in [0.25, 0.3) is 0 Å². The average Bonchev–Trinajstić information content (AvgIpc) is 2.68. The van der Waals surface area contributed by atoms with Gasteiger partial charge in [0.1, 0.15) is 5.75 Å². The van der Waals surface area contributed by atoms with Crippen molar-refractivity contribution in [1.82, 2.24) is 10.2 Å². The Morgan fingerprint density at radius 2 is 1.79 bits per heavy atom. The van der Waals surface area contributed by atoms with E-state index in [0.717, 1.165) is 25.9 Å². The third-order valence-electron chi connectivity index (χ3n) is 5.72. The molecule has 1 spiro atoms. The maximum atomic E-state index is 13.2. The Kier molecular flexibility index (Phi) is 5.58. The topological polar surface area (TPSA) is 77.1 Å². The van der Waals surface area contributed by atoms with Crippen LogP contribution >= 0.6 is 0 Å². The van der Waals surface area contributed by atoms with Crippen LogP contribution in [0.5, 0.6) is 5.75 Å². The fraction of sp³-hybridized carbons (Fsp3) is 0.667. The van der Waals surface area contributed by atoms with Crippen LogP contribution in [0.2, 0.25) is 0 Å². The standard InChI is InChI=1S/C18H24F2N2O5S/c19-17(20)26-13-1-3-14(4-2-13)28(23,24)16-15(22-9-11-25-12-10-22)18(27-16)5-7-21-8-6-18/h1-4,15-17,21H,5-12H2. The number of hydrogen-bond donors (Lipinski definition) is 1. The Morgan fingerprint density at radius 1 is 1.14 bits per heavy atom. The summed E-state index contributed by atoms with van der Waals surface area (Å²) in [4.78, 5) is 2.20. The third-order valence-corrected chi connectivity index (χ3v) is 7.61. The summed E-state index contributed by atoms with van der Waals surface area (Å²) in [6, 6.07) is 4.81. The summed E-state index contributed by atoms with van der Waals surface area (Å²) in [6.45, 7) is 1.07. The van der Waals surface area contributed by atoms with Gasteiger partial charge in [0.2, 0.25) is 9.84 Å². The van der Waals surface area contributed by atoms with Crippen LogP contribution < -0.4 is 10.1 Å². The van der Waals surface area contributed by atoms with Gasteiger partial charge in [-0.25, -0.2) is 8.42 Å². The maximum Gasteiger partial charge on any atom is 0.387 e. The molecule has 0 bridgehead atoms. The molecule has 7 nitrogen and oxygen atoms in total. The van der Waals surface area contributed by atoms with Crippen LogP contribution in [0, 0.1) is 0 Å². The largest absolute Gasteiger partial charge is 0.435 e. The molecule has 1 aromatic rings. The van der Waals surface area contributed by atoms with Crippen LogP contribution in [0.25, 0.3) is 0 Å². The first kappa shape index (κ1) is 20.0. The van der Waals surface area contributed by atoms with E-state index in [1.807, 2.05) is 0 Å². The summed E-state index contributed by atoms with van der Waals surface area (Å²) in [5, 5.41) is 3.29. The van der Waals surface area contributed by atoms with E-state index in [1.54, 1.807) is 0 Å². The second-order valence-corrected chi connectivity index (χ2v) is 9.32. The lowest BCUT2D eigenvalue weighted by atomic mass is 9.79. The molecule has 2 atom stereocenters. The molecule has 0 aromatic heterocycles. The first-order valence-electron chi connectivity index (χ1n) is 9.41. The van der Waals surface area contributed by atoms with E-state index in [0.29, 0.717) is 26.3 Å². The molecular formula is C18H24F2N2O5S. The fourth-order valence-electron chi connectivity index (χ4n) is 4.34. The van der Waals surface area contributed by atoms with Gasteiger partial charge >= 0.3 is 6.61 Å². The summed E-state index contributed by atoms with van der Waals surface area (Å²) < 4.78 is 66.9. The number of piperidine rings is 1. The molecule has 3 aliphatic heterocycles. The Labute approximate surface area is 162 Å². The normalized spacial score (nSPS) is 28.2. The second-order valence-electron chi connectivity index (χ2n) is 7.29. The van der Waals surface area contributed by atoms with Gasteiger partial charge in [0.15, 0.2) is 5.44 Å². The molecule has 1 N–H and O–H groups in total. The SMILES string of the molecule is O=S(=O)(c1ccc(OC(F)F)cc1)C1OC2(CCNCC2)C1N1CCOCC1. The number of halogens is 2. The van der Waals surface area contributed by atoms with Crippen LogP contribution in [0.15, 0.2) is 29.2 Å². The minimum atomic E-state index is -3.79. The highest BCUT2D eigenvalue weighted by Crippen LogP contribution is 2.47. The summed E-state index contributed by atoms with van der Waals surface area (Å²) in [5.74, 6) is -0.0805. The second kappa shape index (κ2) is 7.83. The Bertz CT molecular complexity index is 778. The number of benzene rings is 1. The van der Waals surface area contributed by atoms with Gasteiger partial charge in [-0.3, -0.25) is 4.90 Å². The van der Waals surface area contributed by atoms with Crippen molar-refractivity contribution in [3.63, 3.8) is 0 Å². The average molecular weight is 418 g/mol. The van der Waals surface area contributed by atoms with E-state index in [-0.39, 0.29) is 16.7 Å². The van der Waals surface area contributed by atoms with Crippen molar-refractivity contribution in [2.45, 2.75) is 41.4 Å². The zero-order chi connectivity index (χ0) is 19.8. The molecule has 0 radical (unpaired) electrons. The summed E-state index contributed by atoms with van der Waals surface area (Å²) in [6.07, 6.45) is 1.50. The molecule has 4 rings (SSSR count). The minimum Gasteiger partial charge on any atom is -0.435 e. The van der Waals surface area contributed by atoms with E-state index in [2.05, 4.69) is 15.0 Å². The lowest BCUT2D eigenvalue weighted by molar-refractivity contribution is -0.250. The zero-order valence-corrected chi connectivity index (χ0v) is 16.2. The van der Waals surface area contributed by atoms with Gasteiger partial charge < -0.3 is 19.5 Å². The Morgan fingerprint density at radius 3 is 2.39 bits per heavy atom. The van der Waals surface area contributed by atoms with E-state index < -0.39 is 27.5 Å². The number of morpholine rings is 1. The number of sulfone groups is 1. The lowest BCUT2D eigenvalue weighted by Crippen LogP contribution is -2.75. The number of nitrogens with one attached hydrogen (secondary N) is 1. The van der Waals surface area contributed by atoms with Crippen molar-refractivity contribution in [2.75, 3.05) is 39.4 Å². The zero-order valence-electron chi connectivity index (χ0n) is 15.4. The molecule has 3 saturated heterocycles. The Hall–Kier alpha value is -1.33. The highest BCUT2D eigenvalue weighted by molar-refractivity contribution is 7.92. The van der Waals surface area contributed by atoms with Gasteiger partial charge in [-0.2, -0.15) is 8.78 Å². The van der Waals surface area contributed by atoms with Gasteiger partial charge in [0, 0.05) is 13.1 Å². The first-order chi connectivity index (χ1) is 13.4. The summed E-state index contributed by atoms with van der Waals surface area (Å²) >= 11 is 0. The van der Waals surface area contributed by atoms with E-state index in [1.165, 1.54) is 24.3 Å². The fourth-order valence-corrected chi connectivity index (χ4v) is 6.20.